The zero-order valence-corrected chi connectivity index (χ0v) is 20.4. The summed E-state index contributed by atoms with van der Waals surface area (Å²) in [5, 5.41) is 8.24. The van der Waals surface area contributed by atoms with E-state index in [9.17, 15) is 0 Å². The van der Waals surface area contributed by atoms with Crippen molar-refractivity contribution in [3.63, 3.8) is 0 Å². The number of guanidine groups is 1. The van der Waals surface area contributed by atoms with Gasteiger partial charge in [-0.3, -0.25) is 4.99 Å². The second-order valence-corrected chi connectivity index (χ2v) is 8.01. The van der Waals surface area contributed by atoms with E-state index in [-0.39, 0.29) is 24.0 Å². The minimum Gasteiger partial charge on any atom is -0.356 e. The molecule has 2 heterocycles. The van der Waals surface area contributed by atoms with Crippen molar-refractivity contribution >= 4 is 40.8 Å². The normalized spacial score (nSPS) is 17.1. The molecule has 1 unspecified atom stereocenters. The van der Waals surface area contributed by atoms with Gasteiger partial charge in [0.1, 0.15) is 0 Å². The van der Waals surface area contributed by atoms with Gasteiger partial charge in [0.25, 0.3) is 0 Å². The highest BCUT2D eigenvalue weighted by molar-refractivity contribution is 14.0. The van der Waals surface area contributed by atoms with Crippen LogP contribution in [0.4, 0.5) is 0 Å². The summed E-state index contributed by atoms with van der Waals surface area (Å²) < 4.78 is 2.32. The number of para-hydroxylation sites is 1. The third-order valence-corrected chi connectivity index (χ3v) is 5.56. The summed E-state index contributed by atoms with van der Waals surface area (Å²) in [4.78, 5) is 9.35. The smallest absolute Gasteiger partial charge is 0.190 e. The molecule has 0 radical (unpaired) electrons. The van der Waals surface area contributed by atoms with Crippen LogP contribution in [-0.2, 0) is 6.54 Å². The van der Waals surface area contributed by atoms with Crippen LogP contribution in [0.25, 0.3) is 10.9 Å². The molecule has 0 aliphatic carbocycles. The number of aryl methyl sites for hydroxylation is 1. The Bertz CT molecular complexity index is 751. The summed E-state index contributed by atoms with van der Waals surface area (Å²) in [6, 6.07) is 10.7. The molecule has 1 aliphatic rings. The standard InChI is InChI=1S/C22H36N6.HI/c1-19(18-27-15-13-26(3)14-16-27)17-25-22(23-2)24-10-6-11-28-12-9-20-7-4-5-8-21(20)28;/h4-5,7-9,12,19H,6,10-11,13-18H2,1-3H3,(H2,23,24,25);1H. The van der Waals surface area contributed by atoms with Gasteiger partial charge < -0.3 is 25.0 Å². The van der Waals surface area contributed by atoms with Gasteiger partial charge >= 0.3 is 0 Å². The van der Waals surface area contributed by atoms with E-state index in [1.807, 2.05) is 7.05 Å². The molecule has 1 fully saturated rings. The van der Waals surface area contributed by atoms with Gasteiger partial charge in [-0.15, -0.1) is 24.0 Å². The lowest BCUT2D eigenvalue weighted by Crippen LogP contribution is -2.47. The average Bonchev–Trinajstić information content (AvgIpc) is 3.12. The van der Waals surface area contributed by atoms with Crippen molar-refractivity contribution in [2.45, 2.75) is 19.9 Å². The number of halogens is 1. The second-order valence-electron chi connectivity index (χ2n) is 8.01. The zero-order valence-electron chi connectivity index (χ0n) is 18.1. The third-order valence-electron chi connectivity index (χ3n) is 5.56. The van der Waals surface area contributed by atoms with Crippen LogP contribution in [0, 0.1) is 5.92 Å². The maximum Gasteiger partial charge on any atom is 0.190 e. The highest BCUT2D eigenvalue weighted by atomic mass is 127. The maximum absolute atomic E-state index is 4.37. The van der Waals surface area contributed by atoms with Gasteiger partial charge in [-0.25, -0.2) is 0 Å². The molecule has 0 bridgehead atoms. The van der Waals surface area contributed by atoms with Gasteiger partial charge in [-0.05, 0) is 36.9 Å². The molecule has 0 spiro atoms. The molecular weight excluding hydrogens is 475 g/mol. The number of fused-ring (bicyclic) bond motifs is 1. The van der Waals surface area contributed by atoms with Crippen molar-refractivity contribution < 1.29 is 0 Å². The first-order valence-electron chi connectivity index (χ1n) is 10.5. The molecule has 1 aromatic carbocycles. The predicted molar refractivity (Wildman–Crippen MR) is 134 cm³/mol. The fourth-order valence-corrected chi connectivity index (χ4v) is 3.82. The first-order chi connectivity index (χ1) is 13.7. The van der Waals surface area contributed by atoms with Crippen molar-refractivity contribution in [1.82, 2.24) is 25.0 Å². The van der Waals surface area contributed by atoms with Gasteiger partial charge in [0.15, 0.2) is 5.96 Å². The molecule has 1 saturated heterocycles. The summed E-state index contributed by atoms with van der Waals surface area (Å²) in [5.41, 5.74) is 1.31. The molecular formula is C22H37IN6. The number of likely N-dealkylation sites (N-methyl/N-ethyl adjacent to an activating group) is 1. The fraction of sp³-hybridized carbons (Fsp3) is 0.591. The van der Waals surface area contributed by atoms with Crippen molar-refractivity contribution in [2.24, 2.45) is 10.9 Å². The molecule has 1 aromatic heterocycles. The van der Waals surface area contributed by atoms with E-state index in [1.54, 1.807) is 0 Å². The molecule has 162 valence electrons. The van der Waals surface area contributed by atoms with Crippen molar-refractivity contribution in [1.29, 1.82) is 0 Å². The van der Waals surface area contributed by atoms with Gasteiger partial charge in [0.05, 0.1) is 0 Å². The quantitative estimate of drug-likeness (QED) is 0.247. The first-order valence-corrected chi connectivity index (χ1v) is 10.5. The Balaban J connectivity index is 0.00000300. The molecule has 2 aromatic rings. The number of nitrogens with one attached hydrogen (secondary N) is 2. The van der Waals surface area contributed by atoms with Crippen molar-refractivity contribution in [2.75, 3.05) is 59.9 Å². The van der Waals surface area contributed by atoms with Crippen LogP contribution in [0.3, 0.4) is 0 Å². The summed E-state index contributed by atoms with van der Waals surface area (Å²) in [7, 11) is 4.05. The second kappa shape index (κ2) is 12.4. The van der Waals surface area contributed by atoms with E-state index >= 15 is 0 Å². The van der Waals surface area contributed by atoms with Crippen molar-refractivity contribution in [3.8, 4) is 0 Å². The highest BCUT2D eigenvalue weighted by Crippen LogP contribution is 2.15. The van der Waals surface area contributed by atoms with Crippen LogP contribution in [0.5, 0.6) is 0 Å². The van der Waals surface area contributed by atoms with Gasteiger partial charge in [0.2, 0.25) is 0 Å². The summed E-state index contributed by atoms with van der Waals surface area (Å²) in [6.45, 7) is 11.1. The molecule has 29 heavy (non-hydrogen) atoms. The minimum absolute atomic E-state index is 0. The van der Waals surface area contributed by atoms with Crippen LogP contribution in [-0.4, -0.2) is 80.2 Å². The van der Waals surface area contributed by atoms with Crippen LogP contribution in [0.15, 0.2) is 41.5 Å². The molecule has 7 heteroatoms. The molecule has 1 atom stereocenters. The van der Waals surface area contributed by atoms with Gasteiger partial charge in [-0.2, -0.15) is 0 Å². The highest BCUT2D eigenvalue weighted by Gasteiger charge is 2.16. The van der Waals surface area contributed by atoms with E-state index in [1.165, 1.54) is 37.1 Å². The number of rotatable bonds is 8. The lowest BCUT2D eigenvalue weighted by Gasteiger charge is -2.34. The Hall–Kier alpha value is -1.32. The Kier molecular flexibility index (Phi) is 10.2. The Morgan fingerprint density at radius 1 is 1.10 bits per heavy atom. The lowest BCUT2D eigenvalue weighted by atomic mass is 10.1. The Labute approximate surface area is 192 Å². The summed E-state index contributed by atoms with van der Waals surface area (Å²) in [6.07, 6.45) is 3.24. The third kappa shape index (κ3) is 7.46. The number of hydrogen-bond donors (Lipinski definition) is 2. The largest absolute Gasteiger partial charge is 0.356 e. The SMILES string of the molecule is CN=C(NCCCn1ccc2ccccc21)NCC(C)CN1CCN(C)CC1.I. The predicted octanol–water partition coefficient (Wildman–Crippen LogP) is 2.70. The number of benzene rings is 1. The van der Waals surface area contributed by atoms with Gasteiger partial charge in [0, 0.05) is 71.1 Å². The van der Waals surface area contributed by atoms with E-state index in [0.29, 0.717) is 5.92 Å². The van der Waals surface area contributed by atoms with Crippen LogP contribution in [0.2, 0.25) is 0 Å². The molecule has 2 N–H and O–H groups in total. The number of aromatic nitrogens is 1. The molecule has 0 saturated carbocycles. The molecule has 1 aliphatic heterocycles. The first kappa shape index (κ1) is 24.0. The average molecular weight is 512 g/mol. The summed E-state index contributed by atoms with van der Waals surface area (Å²) in [5.74, 6) is 1.51. The Morgan fingerprint density at radius 3 is 2.62 bits per heavy atom. The lowest BCUT2D eigenvalue weighted by molar-refractivity contribution is 0.139. The monoisotopic (exact) mass is 512 g/mol. The Morgan fingerprint density at radius 2 is 1.86 bits per heavy atom. The zero-order chi connectivity index (χ0) is 19.8. The fourth-order valence-electron chi connectivity index (χ4n) is 3.82. The van der Waals surface area contributed by atoms with E-state index in [0.717, 1.165) is 38.6 Å². The maximum atomic E-state index is 4.37. The van der Waals surface area contributed by atoms with E-state index in [2.05, 4.69) is 80.5 Å². The van der Waals surface area contributed by atoms with Crippen molar-refractivity contribution in [3.05, 3.63) is 36.5 Å². The van der Waals surface area contributed by atoms with Crippen LogP contribution < -0.4 is 10.6 Å². The van der Waals surface area contributed by atoms with Crippen LogP contribution >= 0.6 is 24.0 Å². The van der Waals surface area contributed by atoms with Gasteiger partial charge in [-0.1, -0.05) is 25.1 Å². The minimum atomic E-state index is 0. The van der Waals surface area contributed by atoms with E-state index in [4.69, 9.17) is 0 Å². The number of piperazine rings is 1. The number of hydrogen-bond acceptors (Lipinski definition) is 3. The summed E-state index contributed by atoms with van der Waals surface area (Å²) >= 11 is 0. The molecule has 3 rings (SSSR count). The molecule has 0 amide bonds. The van der Waals surface area contributed by atoms with E-state index < -0.39 is 0 Å². The topological polar surface area (TPSA) is 47.8 Å². The van der Waals surface area contributed by atoms with Crippen LogP contribution in [0.1, 0.15) is 13.3 Å². The molecule has 6 nitrogen and oxygen atoms in total. The number of nitrogens with zero attached hydrogens (tertiary/aromatic N) is 4. The number of aliphatic imine (C=N–C) groups is 1.